The number of benzene rings is 1. The number of hydrogen-bond donors (Lipinski definition) is 2. The highest BCUT2D eigenvalue weighted by molar-refractivity contribution is 14.0. The topological polar surface area (TPSA) is 59.6 Å². The van der Waals surface area contributed by atoms with E-state index < -0.39 is 0 Å². The van der Waals surface area contributed by atoms with Crippen LogP contribution in [0.4, 0.5) is 0 Å². The van der Waals surface area contributed by atoms with E-state index in [0.717, 1.165) is 5.75 Å². The minimum atomic E-state index is 0. The third kappa shape index (κ3) is 6.85. The molecule has 0 aromatic heterocycles. The predicted molar refractivity (Wildman–Crippen MR) is 103 cm³/mol. The van der Waals surface area contributed by atoms with Gasteiger partial charge in [-0.1, -0.05) is 31.4 Å². The standard InChI is InChI=1S/C17H27N3O.HI/c1-13-7-6-10-16(11-13)21-14(2)12-19-17(18)20-15-8-4-3-5-9-15;/h6-7,10-11,14-15H,3-5,8-9,12H2,1-2H3,(H3,18,19,20);1H. The van der Waals surface area contributed by atoms with Gasteiger partial charge in [0.2, 0.25) is 0 Å². The van der Waals surface area contributed by atoms with E-state index in [2.05, 4.69) is 23.3 Å². The molecule has 1 saturated carbocycles. The number of halogens is 1. The second kappa shape index (κ2) is 9.92. The van der Waals surface area contributed by atoms with Gasteiger partial charge >= 0.3 is 0 Å². The Morgan fingerprint density at radius 2 is 2.09 bits per heavy atom. The van der Waals surface area contributed by atoms with Crippen LogP contribution >= 0.6 is 24.0 Å². The second-order valence-corrected chi connectivity index (χ2v) is 5.95. The van der Waals surface area contributed by atoms with E-state index in [1.54, 1.807) is 0 Å². The Hall–Kier alpha value is -0.980. The molecule has 0 radical (unpaired) electrons. The van der Waals surface area contributed by atoms with E-state index in [1.807, 2.05) is 25.1 Å². The van der Waals surface area contributed by atoms with Gasteiger partial charge in [-0.2, -0.15) is 0 Å². The second-order valence-electron chi connectivity index (χ2n) is 5.95. The fourth-order valence-corrected chi connectivity index (χ4v) is 2.69. The molecule has 1 aliphatic carbocycles. The van der Waals surface area contributed by atoms with E-state index in [0.29, 0.717) is 18.5 Å². The number of nitrogens with zero attached hydrogens (tertiary/aromatic N) is 1. The smallest absolute Gasteiger partial charge is 0.188 e. The normalized spacial score (nSPS) is 17.5. The summed E-state index contributed by atoms with van der Waals surface area (Å²) in [5.41, 5.74) is 7.15. The minimum absolute atomic E-state index is 0. The van der Waals surface area contributed by atoms with Crippen LogP contribution < -0.4 is 15.8 Å². The van der Waals surface area contributed by atoms with Crippen LogP contribution in [0.15, 0.2) is 29.3 Å². The Bertz CT molecular complexity index is 473. The van der Waals surface area contributed by atoms with Crippen molar-refractivity contribution in [3.63, 3.8) is 0 Å². The Morgan fingerprint density at radius 3 is 2.77 bits per heavy atom. The van der Waals surface area contributed by atoms with Gasteiger partial charge in [-0.15, -0.1) is 24.0 Å². The van der Waals surface area contributed by atoms with Crippen LogP contribution in [0.25, 0.3) is 0 Å². The average Bonchev–Trinajstić information content (AvgIpc) is 2.46. The molecule has 0 spiro atoms. The highest BCUT2D eigenvalue weighted by Gasteiger charge is 2.13. The van der Waals surface area contributed by atoms with Gasteiger partial charge in [0.25, 0.3) is 0 Å². The zero-order valence-corrected chi connectivity index (χ0v) is 15.9. The van der Waals surface area contributed by atoms with Crippen molar-refractivity contribution >= 4 is 29.9 Å². The summed E-state index contributed by atoms with van der Waals surface area (Å²) in [5, 5.41) is 3.32. The van der Waals surface area contributed by atoms with E-state index >= 15 is 0 Å². The van der Waals surface area contributed by atoms with Gasteiger partial charge in [0.1, 0.15) is 11.9 Å². The predicted octanol–water partition coefficient (Wildman–Crippen LogP) is 3.62. The number of aryl methyl sites for hydroxylation is 1. The van der Waals surface area contributed by atoms with Gasteiger partial charge in [-0.3, -0.25) is 0 Å². The molecule has 3 N–H and O–H groups in total. The molecule has 1 atom stereocenters. The van der Waals surface area contributed by atoms with Crippen molar-refractivity contribution in [2.24, 2.45) is 10.7 Å². The van der Waals surface area contributed by atoms with Crippen molar-refractivity contribution in [2.45, 2.75) is 58.1 Å². The van der Waals surface area contributed by atoms with Gasteiger partial charge in [0, 0.05) is 6.04 Å². The Labute approximate surface area is 150 Å². The maximum Gasteiger partial charge on any atom is 0.188 e. The van der Waals surface area contributed by atoms with Gasteiger partial charge in [0.15, 0.2) is 5.96 Å². The van der Waals surface area contributed by atoms with Gasteiger partial charge < -0.3 is 15.8 Å². The first-order valence-corrected chi connectivity index (χ1v) is 7.93. The third-order valence-electron chi connectivity index (χ3n) is 3.80. The molecule has 1 unspecified atom stereocenters. The first kappa shape index (κ1) is 19.1. The molecule has 0 amide bonds. The highest BCUT2D eigenvalue weighted by atomic mass is 127. The van der Waals surface area contributed by atoms with Crippen LogP contribution in [-0.2, 0) is 0 Å². The summed E-state index contributed by atoms with van der Waals surface area (Å²) in [6.07, 6.45) is 6.34. The van der Waals surface area contributed by atoms with E-state index in [9.17, 15) is 0 Å². The quantitative estimate of drug-likeness (QED) is 0.437. The molecule has 5 heteroatoms. The Balaban J connectivity index is 0.00000242. The third-order valence-corrected chi connectivity index (χ3v) is 3.80. The maximum absolute atomic E-state index is 5.95. The van der Waals surface area contributed by atoms with Crippen molar-refractivity contribution in [3.05, 3.63) is 29.8 Å². The SMILES string of the molecule is Cc1cccc(OC(C)CN=C(N)NC2CCCCC2)c1.I. The zero-order chi connectivity index (χ0) is 15.1. The fourth-order valence-electron chi connectivity index (χ4n) is 2.69. The zero-order valence-electron chi connectivity index (χ0n) is 13.5. The fraction of sp³-hybridized carbons (Fsp3) is 0.588. The van der Waals surface area contributed by atoms with Gasteiger partial charge in [-0.25, -0.2) is 4.99 Å². The lowest BCUT2D eigenvalue weighted by molar-refractivity contribution is 0.230. The number of nitrogens with one attached hydrogen (secondary N) is 1. The minimum Gasteiger partial charge on any atom is -0.489 e. The number of ether oxygens (including phenoxy) is 1. The van der Waals surface area contributed by atoms with Crippen LogP contribution in [0.1, 0.15) is 44.6 Å². The summed E-state index contributed by atoms with van der Waals surface area (Å²) in [4.78, 5) is 4.40. The molecule has 1 fully saturated rings. The number of hydrogen-bond acceptors (Lipinski definition) is 2. The summed E-state index contributed by atoms with van der Waals surface area (Å²) in [6.45, 7) is 4.64. The molecule has 22 heavy (non-hydrogen) atoms. The van der Waals surface area contributed by atoms with Crippen LogP contribution in [0, 0.1) is 6.92 Å². The van der Waals surface area contributed by atoms with E-state index in [1.165, 1.54) is 37.7 Å². The molecule has 4 nitrogen and oxygen atoms in total. The van der Waals surface area contributed by atoms with Crippen molar-refractivity contribution in [2.75, 3.05) is 6.54 Å². The molecule has 1 aromatic carbocycles. The van der Waals surface area contributed by atoms with E-state index in [4.69, 9.17) is 10.5 Å². The van der Waals surface area contributed by atoms with Gasteiger partial charge in [-0.05, 0) is 44.4 Å². The Morgan fingerprint density at radius 1 is 1.36 bits per heavy atom. The average molecular weight is 417 g/mol. The molecule has 1 aromatic rings. The summed E-state index contributed by atoms with van der Waals surface area (Å²) in [6, 6.07) is 8.55. The van der Waals surface area contributed by atoms with E-state index in [-0.39, 0.29) is 30.1 Å². The number of nitrogens with two attached hydrogens (primary N) is 1. The number of guanidine groups is 1. The lowest BCUT2D eigenvalue weighted by Gasteiger charge is -2.23. The first-order valence-electron chi connectivity index (χ1n) is 7.93. The van der Waals surface area contributed by atoms with Crippen molar-refractivity contribution < 1.29 is 4.74 Å². The molecule has 0 saturated heterocycles. The van der Waals surface area contributed by atoms with Gasteiger partial charge in [0.05, 0.1) is 6.54 Å². The summed E-state index contributed by atoms with van der Waals surface area (Å²) >= 11 is 0. The van der Waals surface area contributed by atoms with Crippen LogP contribution in [0.5, 0.6) is 5.75 Å². The molecule has 0 bridgehead atoms. The largest absolute Gasteiger partial charge is 0.489 e. The summed E-state index contributed by atoms with van der Waals surface area (Å²) in [5.74, 6) is 1.43. The monoisotopic (exact) mass is 417 g/mol. The van der Waals surface area contributed by atoms with Crippen molar-refractivity contribution in [3.8, 4) is 5.75 Å². The molecule has 0 heterocycles. The lowest BCUT2D eigenvalue weighted by atomic mass is 9.96. The molecule has 124 valence electrons. The van der Waals surface area contributed by atoms with Crippen LogP contribution in [-0.4, -0.2) is 24.7 Å². The van der Waals surface area contributed by atoms with Crippen molar-refractivity contribution in [1.29, 1.82) is 0 Å². The molecule has 0 aliphatic heterocycles. The summed E-state index contributed by atoms with van der Waals surface area (Å²) < 4.78 is 5.85. The highest BCUT2D eigenvalue weighted by Crippen LogP contribution is 2.17. The Kier molecular flexibility index (Phi) is 8.60. The molecular formula is C17H28IN3O. The molecular weight excluding hydrogens is 389 g/mol. The lowest BCUT2D eigenvalue weighted by Crippen LogP contribution is -2.41. The molecule has 2 rings (SSSR count). The van der Waals surface area contributed by atoms with Crippen LogP contribution in [0.3, 0.4) is 0 Å². The molecule has 1 aliphatic rings. The number of rotatable bonds is 5. The van der Waals surface area contributed by atoms with Crippen molar-refractivity contribution in [1.82, 2.24) is 5.32 Å². The first-order chi connectivity index (χ1) is 10.1. The number of aliphatic imine (C=N–C) groups is 1. The maximum atomic E-state index is 5.95. The van der Waals surface area contributed by atoms with Crippen LogP contribution in [0.2, 0.25) is 0 Å². The summed E-state index contributed by atoms with van der Waals surface area (Å²) in [7, 11) is 0.